The van der Waals surface area contributed by atoms with Gasteiger partial charge in [-0.25, -0.2) is 0 Å². The summed E-state index contributed by atoms with van der Waals surface area (Å²) in [6.07, 6.45) is -1.60. The van der Waals surface area contributed by atoms with Gasteiger partial charge in [-0.1, -0.05) is 27.7 Å². The molecule has 0 radical (unpaired) electrons. The lowest BCUT2D eigenvalue weighted by atomic mass is 10.0. The summed E-state index contributed by atoms with van der Waals surface area (Å²) < 4.78 is 30.0. The van der Waals surface area contributed by atoms with Crippen molar-refractivity contribution in [1.29, 1.82) is 0 Å². The van der Waals surface area contributed by atoms with E-state index in [-0.39, 0.29) is 18.2 Å². The molecule has 1 rings (SSSR count). The highest BCUT2D eigenvalue weighted by Crippen LogP contribution is 2.18. The monoisotopic (exact) mass is 235 g/mol. The van der Waals surface area contributed by atoms with Crippen LogP contribution in [0.15, 0.2) is 11.7 Å². The van der Waals surface area contributed by atoms with Gasteiger partial charge in [0.2, 0.25) is 0 Å². The number of likely N-dealkylation sites (N-methyl/N-ethyl adjacent to an activating group) is 1. The molecular formula is C12H23F2NO. The molecule has 1 heterocycles. The van der Waals surface area contributed by atoms with Crippen molar-refractivity contribution >= 4 is 0 Å². The van der Waals surface area contributed by atoms with E-state index in [4.69, 9.17) is 4.74 Å². The Kier molecular flexibility index (Phi) is 7.51. The SMILES string of the molecule is CC.CC(C)C1COCC(=C(F)F)CN1C. The molecule has 1 aliphatic rings. The Bertz CT molecular complexity index is 225. The minimum Gasteiger partial charge on any atom is -0.375 e. The first-order chi connectivity index (χ1) is 7.52. The van der Waals surface area contributed by atoms with Crippen LogP contribution < -0.4 is 0 Å². The lowest BCUT2D eigenvalue weighted by Crippen LogP contribution is -2.38. The zero-order valence-corrected chi connectivity index (χ0v) is 10.9. The van der Waals surface area contributed by atoms with E-state index in [2.05, 4.69) is 13.8 Å². The third-order valence-corrected chi connectivity index (χ3v) is 2.61. The lowest BCUT2D eigenvalue weighted by Gasteiger charge is -2.28. The van der Waals surface area contributed by atoms with E-state index in [0.29, 0.717) is 19.1 Å². The summed E-state index contributed by atoms with van der Waals surface area (Å²) in [7, 11) is 1.86. The summed E-state index contributed by atoms with van der Waals surface area (Å²) >= 11 is 0. The highest BCUT2D eigenvalue weighted by Gasteiger charge is 2.24. The first-order valence-electron chi connectivity index (χ1n) is 5.83. The van der Waals surface area contributed by atoms with Crippen molar-refractivity contribution in [3.8, 4) is 0 Å². The highest BCUT2D eigenvalue weighted by atomic mass is 19.3. The third kappa shape index (κ3) is 4.58. The van der Waals surface area contributed by atoms with Gasteiger partial charge in [-0.3, -0.25) is 4.90 Å². The van der Waals surface area contributed by atoms with E-state index >= 15 is 0 Å². The van der Waals surface area contributed by atoms with Crippen LogP contribution in [-0.4, -0.2) is 37.7 Å². The molecule has 1 saturated heterocycles. The van der Waals surface area contributed by atoms with Crippen molar-refractivity contribution in [2.24, 2.45) is 5.92 Å². The molecule has 1 unspecified atom stereocenters. The summed E-state index contributed by atoms with van der Waals surface area (Å²) in [6.45, 7) is 9.06. The molecule has 0 amide bonds. The quantitative estimate of drug-likeness (QED) is 0.692. The van der Waals surface area contributed by atoms with E-state index in [1.54, 1.807) is 0 Å². The van der Waals surface area contributed by atoms with Crippen LogP contribution in [0, 0.1) is 5.92 Å². The molecule has 0 bridgehead atoms. The van der Waals surface area contributed by atoms with E-state index in [1.165, 1.54) is 0 Å². The van der Waals surface area contributed by atoms with Crippen molar-refractivity contribution in [2.75, 3.05) is 26.8 Å². The minimum absolute atomic E-state index is 0.0654. The molecule has 0 aromatic heterocycles. The fourth-order valence-corrected chi connectivity index (χ4v) is 1.71. The second-order valence-corrected chi connectivity index (χ2v) is 4.11. The van der Waals surface area contributed by atoms with Gasteiger partial charge >= 0.3 is 0 Å². The number of halogens is 2. The van der Waals surface area contributed by atoms with Gasteiger partial charge in [-0.05, 0) is 13.0 Å². The van der Waals surface area contributed by atoms with Crippen LogP contribution in [0.2, 0.25) is 0 Å². The number of nitrogens with zero attached hydrogens (tertiary/aromatic N) is 1. The van der Waals surface area contributed by atoms with Crippen molar-refractivity contribution in [3.63, 3.8) is 0 Å². The highest BCUT2D eigenvalue weighted by molar-refractivity contribution is 5.07. The van der Waals surface area contributed by atoms with Gasteiger partial charge in [0.15, 0.2) is 0 Å². The summed E-state index contributed by atoms with van der Waals surface area (Å²) in [5, 5.41) is 0. The van der Waals surface area contributed by atoms with Gasteiger partial charge in [0.1, 0.15) is 0 Å². The predicted molar refractivity (Wildman–Crippen MR) is 62.7 cm³/mol. The number of rotatable bonds is 1. The fourth-order valence-electron chi connectivity index (χ4n) is 1.71. The molecule has 1 fully saturated rings. The summed E-state index contributed by atoms with van der Waals surface area (Å²) in [4.78, 5) is 1.94. The Balaban J connectivity index is 0.00000106. The molecular weight excluding hydrogens is 212 g/mol. The van der Waals surface area contributed by atoms with Crippen LogP contribution >= 0.6 is 0 Å². The van der Waals surface area contributed by atoms with Crippen molar-refractivity contribution < 1.29 is 13.5 Å². The van der Waals surface area contributed by atoms with Gasteiger partial charge in [0.25, 0.3) is 6.08 Å². The Morgan fingerprint density at radius 3 is 2.38 bits per heavy atom. The van der Waals surface area contributed by atoms with Crippen LogP contribution in [0.3, 0.4) is 0 Å². The number of ether oxygens (including phenoxy) is 1. The molecule has 1 atom stereocenters. The largest absolute Gasteiger partial charge is 0.375 e. The number of hydrogen-bond donors (Lipinski definition) is 0. The molecule has 16 heavy (non-hydrogen) atoms. The van der Waals surface area contributed by atoms with Crippen LogP contribution in [0.5, 0.6) is 0 Å². The molecule has 0 aliphatic carbocycles. The molecule has 0 saturated carbocycles. The average molecular weight is 235 g/mol. The molecule has 2 nitrogen and oxygen atoms in total. The molecule has 4 heteroatoms. The average Bonchev–Trinajstić information content (AvgIpc) is 2.43. The molecule has 0 spiro atoms. The van der Waals surface area contributed by atoms with Gasteiger partial charge in [-0.2, -0.15) is 8.78 Å². The maximum absolute atomic E-state index is 12.4. The Morgan fingerprint density at radius 2 is 1.94 bits per heavy atom. The summed E-state index contributed by atoms with van der Waals surface area (Å²) in [5.41, 5.74) is 0.107. The molecule has 96 valence electrons. The zero-order valence-electron chi connectivity index (χ0n) is 10.9. The maximum atomic E-state index is 12.4. The van der Waals surface area contributed by atoms with E-state index in [0.717, 1.165) is 0 Å². The van der Waals surface area contributed by atoms with Gasteiger partial charge in [0.05, 0.1) is 13.2 Å². The number of hydrogen-bond acceptors (Lipinski definition) is 2. The standard InChI is InChI=1S/C10H17F2NO.C2H6/c1-7(2)9-6-14-5-8(10(11)12)4-13(9)3;1-2/h7,9H,4-6H2,1-3H3;1-2H3. The van der Waals surface area contributed by atoms with Gasteiger partial charge in [-0.15, -0.1) is 0 Å². The summed E-state index contributed by atoms with van der Waals surface area (Å²) in [6, 6.07) is 0.229. The molecule has 0 aromatic carbocycles. The van der Waals surface area contributed by atoms with Crippen LogP contribution in [0.1, 0.15) is 27.7 Å². The first-order valence-corrected chi connectivity index (χ1v) is 5.83. The third-order valence-electron chi connectivity index (χ3n) is 2.61. The second kappa shape index (κ2) is 7.74. The predicted octanol–water partition coefficient (Wildman–Crippen LogP) is 3.15. The molecule has 0 N–H and O–H groups in total. The van der Waals surface area contributed by atoms with Crippen molar-refractivity contribution in [3.05, 3.63) is 11.7 Å². The topological polar surface area (TPSA) is 12.5 Å². The van der Waals surface area contributed by atoms with Crippen LogP contribution in [0.4, 0.5) is 8.78 Å². The second-order valence-electron chi connectivity index (χ2n) is 4.11. The Hall–Kier alpha value is -0.480. The van der Waals surface area contributed by atoms with Gasteiger partial charge < -0.3 is 4.74 Å². The van der Waals surface area contributed by atoms with E-state index in [1.807, 2.05) is 25.8 Å². The van der Waals surface area contributed by atoms with Crippen LogP contribution in [0.25, 0.3) is 0 Å². The van der Waals surface area contributed by atoms with E-state index in [9.17, 15) is 8.78 Å². The van der Waals surface area contributed by atoms with E-state index < -0.39 is 6.08 Å². The zero-order chi connectivity index (χ0) is 12.7. The minimum atomic E-state index is -1.60. The smallest absolute Gasteiger partial charge is 0.273 e. The Labute approximate surface area is 97.3 Å². The van der Waals surface area contributed by atoms with Crippen molar-refractivity contribution in [1.82, 2.24) is 4.90 Å². The normalized spacial score (nSPS) is 22.5. The fraction of sp³-hybridized carbons (Fsp3) is 0.833. The first kappa shape index (κ1) is 15.5. The van der Waals surface area contributed by atoms with Crippen molar-refractivity contribution in [2.45, 2.75) is 33.7 Å². The summed E-state index contributed by atoms with van der Waals surface area (Å²) in [5.74, 6) is 0.419. The molecule has 0 aromatic rings. The van der Waals surface area contributed by atoms with Gasteiger partial charge in [0, 0.05) is 18.2 Å². The maximum Gasteiger partial charge on any atom is 0.273 e. The molecule has 1 aliphatic heterocycles. The van der Waals surface area contributed by atoms with Crippen LogP contribution in [-0.2, 0) is 4.74 Å². The lowest BCUT2D eigenvalue weighted by molar-refractivity contribution is 0.0909. The Morgan fingerprint density at radius 1 is 1.38 bits per heavy atom.